The highest BCUT2D eigenvalue weighted by molar-refractivity contribution is 9.10. The first-order valence-corrected chi connectivity index (χ1v) is 8.36. The number of nitrogens with zero attached hydrogens (tertiary/aromatic N) is 1. The molecule has 0 radical (unpaired) electrons. The summed E-state index contributed by atoms with van der Waals surface area (Å²) in [6.07, 6.45) is 1.49. The van der Waals surface area contributed by atoms with Crippen LogP contribution in [0.5, 0.6) is 0 Å². The Morgan fingerprint density at radius 3 is 2.42 bits per heavy atom. The lowest BCUT2D eigenvalue weighted by Gasteiger charge is -2.29. The Bertz CT molecular complexity index is 516. The van der Waals surface area contributed by atoms with E-state index < -0.39 is 10.0 Å². The zero-order valence-corrected chi connectivity index (χ0v) is 13.7. The van der Waals surface area contributed by atoms with Gasteiger partial charge in [-0.05, 0) is 24.5 Å². The Morgan fingerprint density at radius 1 is 1.26 bits per heavy atom. The van der Waals surface area contributed by atoms with Crippen molar-refractivity contribution in [3.05, 3.63) is 34.3 Å². The monoisotopic (exact) mass is 368 g/mol. The van der Waals surface area contributed by atoms with Crippen molar-refractivity contribution in [2.75, 3.05) is 13.1 Å². The molecule has 1 aliphatic rings. The third kappa shape index (κ3) is 4.43. The van der Waals surface area contributed by atoms with Gasteiger partial charge in [-0.2, -0.15) is 0 Å². The minimum atomic E-state index is -3.23. The van der Waals surface area contributed by atoms with E-state index in [0.29, 0.717) is 13.1 Å². The van der Waals surface area contributed by atoms with Gasteiger partial charge in [0.05, 0.1) is 5.75 Å². The van der Waals surface area contributed by atoms with Gasteiger partial charge in [-0.15, -0.1) is 12.4 Å². The van der Waals surface area contributed by atoms with Gasteiger partial charge in [-0.25, -0.2) is 12.7 Å². The van der Waals surface area contributed by atoms with Gasteiger partial charge in [-0.3, -0.25) is 0 Å². The lowest BCUT2D eigenvalue weighted by molar-refractivity contribution is 0.319. The third-order valence-electron chi connectivity index (χ3n) is 3.19. The highest BCUT2D eigenvalue weighted by Gasteiger charge is 2.27. The number of benzene rings is 1. The predicted octanol–water partition coefficient (Wildman–Crippen LogP) is 2.12. The van der Waals surface area contributed by atoms with E-state index in [9.17, 15) is 8.42 Å². The molecule has 1 aromatic carbocycles. The number of hydrogen-bond donors (Lipinski definition) is 1. The molecule has 1 heterocycles. The summed E-state index contributed by atoms with van der Waals surface area (Å²) in [6, 6.07) is 7.55. The van der Waals surface area contributed by atoms with Gasteiger partial charge in [0.2, 0.25) is 10.0 Å². The van der Waals surface area contributed by atoms with Gasteiger partial charge in [-0.1, -0.05) is 34.1 Å². The van der Waals surface area contributed by atoms with Crippen molar-refractivity contribution in [3.8, 4) is 0 Å². The first-order valence-electron chi connectivity index (χ1n) is 5.96. The standard InChI is InChI=1S/C12H17BrN2O2S.ClH/c13-12-4-2-1-3-10(12)9-18(16,17)15-7-5-11(14)6-8-15;/h1-4,11H,5-9,14H2;1H. The third-order valence-corrected chi connectivity index (χ3v) is 5.79. The van der Waals surface area contributed by atoms with Crippen LogP contribution in [0.25, 0.3) is 0 Å². The Balaban J connectivity index is 0.00000180. The van der Waals surface area contributed by atoms with Crippen LogP contribution in [0.1, 0.15) is 18.4 Å². The van der Waals surface area contributed by atoms with Gasteiger partial charge >= 0.3 is 0 Å². The molecule has 0 bridgehead atoms. The fourth-order valence-electron chi connectivity index (χ4n) is 2.06. The van der Waals surface area contributed by atoms with Crippen molar-refractivity contribution >= 4 is 38.4 Å². The van der Waals surface area contributed by atoms with E-state index in [1.54, 1.807) is 4.31 Å². The van der Waals surface area contributed by atoms with Crippen molar-refractivity contribution in [2.45, 2.75) is 24.6 Å². The van der Waals surface area contributed by atoms with Crippen LogP contribution in [0.3, 0.4) is 0 Å². The largest absolute Gasteiger partial charge is 0.328 e. The van der Waals surface area contributed by atoms with Crippen LogP contribution in [-0.2, 0) is 15.8 Å². The average Bonchev–Trinajstić information content (AvgIpc) is 2.32. The Hall–Kier alpha value is -0.140. The van der Waals surface area contributed by atoms with E-state index in [1.165, 1.54) is 0 Å². The lowest BCUT2D eigenvalue weighted by atomic mass is 10.1. The molecule has 0 aliphatic carbocycles. The van der Waals surface area contributed by atoms with Gasteiger partial charge < -0.3 is 5.73 Å². The topological polar surface area (TPSA) is 63.4 Å². The molecule has 2 rings (SSSR count). The SMILES string of the molecule is Cl.NC1CCN(S(=O)(=O)Cc2ccccc2Br)CC1. The zero-order valence-electron chi connectivity index (χ0n) is 10.5. The van der Waals surface area contributed by atoms with Crippen LogP contribution < -0.4 is 5.73 Å². The zero-order chi connectivity index (χ0) is 13.2. The normalized spacial score (nSPS) is 18.0. The molecule has 108 valence electrons. The molecule has 7 heteroatoms. The molecule has 0 amide bonds. The Morgan fingerprint density at radius 2 is 1.84 bits per heavy atom. The van der Waals surface area contributed by atoms with Gasteiger partial charge in [0.25, 0.3) is 0 Å². The van der Waals surface area contributed by atoms with Crippen LogP contribution in [0.4, 0.5) is 0 Å². The van der Waals surface area contributed by atoms with Crippen molar-refractivity contribution in [1.82, 2.24) is 4.31 Å². The second-order valence-electron chi connectivity index (χ2n) is 4.58. The molecule has 1 fully saturated rings. The number of rotatable bonds is 3. The number of sulfonamides is 1. The maximum absolute atomic E-state index is 12.3. The molecule has 0 saturated carbocycles. The first kappa shape index (κ1) is 16.9. The lowest BCUT2D eigenvalue weighted by Crippen LogP contribution is -2.43. The highest BCUT2D eigenvalue weighted by atomic mass is 79.9. The van der Waals surface area contributed by atoms with E-state index in [2.05, 4.69) is 15.9 Å². The molecule has 0 spiro atoms. The van der Waals surface area contributed by atoms with E-state index >= 15 is 0 Å². The summed E-state index contributed by atoms with van der Waals surface area (Å²) in [5, 5.41) is 0. The maximum Gasteiger partial charge on any atom is 0.218 e. The van der Waals surface area contributed by atoms with Crippen LogP contribution >= 0.6 is 28.3 Å². The molecule has 2 N–H and O–H groups in total. The molecule has 0 unspecified atom stereocenters. The summed E-state index contributed by atoms with van der Waals surface area (Å²) in [5.74, 6) is 0.0453. The van der Waals surface area contributed by atoms with E-state index in [0.717, 1.165) is 22.9 Å². The minimum Gasteiger partial charge on any atom is -0.328 e. The van der Waals surface area contributed by atoms with Crippen molar-refractivity contribution in [3.63, 3.8) is 0 Å². The molecular weight excluding hydrogens is 352 g/mol. The summed E-state index contributed by atoms with van der Waals surface area (Å²) in [5.41, 5.74) is 6.59. The molecule has 0 aromatic heterocycles. The van der Waals surface area contributed by atoms with Crippen LogP contribution in [-0.4, -0.2) is 31.9 Å². The summed E-state index contributed by atoms with van der Waals surface area (Å²) < 4.78 is 26.9. The van der Waals surface area contributed by atoms with Crippen molar-refractivity contribution < 1.29 is 8.42 Å². The smallest absolute Gasteiger partial charge is 0.218 e. The summed E-state index contributed by atoms with van der Waals surface area (Å²) >= 11 is 3.38. The minimum absolute atomic E-state index is 0. The van der Waals surface area contributed by atoms with Gasteiger partial charge in [0.15, 0.2) is 0 Å². The van der Waals surface area contributed by atoms with Crippen molar-refractivity contribution in [2.24, 2.45) is 5.73 Å². The molecule has 1 aromatic rings. The molecule has 1 aliphatic heterocycles. The van der Waals surface area contributed by atoms with Gasteiger partial charge in [0, 0.05) is 23.6 Å². The van der Waals surface area contributed by atoms with Crippen LogP contribution in [0.15, 0.2) is 28.7 Å². The second kappa shape index (κ2) is 7.04. The number of hydrogen-bond acceptors (Lipinski definition) is 3. The predicted molar refractivity (Wildman–Crippen MR) is 82.8 cm³/mol. The summed E-state index contributed by atoms with van der Waals surface area (Å²) in [6.45, 7) is 1.07. The van der Waals surface area contributed by atoms with E-state index in [4.69, 9.17) is 5.73 Å². The number of nitrogens with two attached hydrogens (primary N) is 1. The summed E-state index contributed by atoms with van der Waals surface area (Å²) in [4.78, 5) is 0. The average molecular weight is 370 g/mol. The Labute approximate surface area is 128 Å². The van der Waals surface area contributed by atoms with Gasteiger partial charge in [0.1, 0.15) is 0 Å². The molecule has 0 atom stereocenters. The van der Waals surface area contributed by atoms with Crippen LogP contribution in [0, 0.1) is 0 Å². The number of piperidine rings is 1. The molecule has 1 saturated heterocycles. The van der Waals surface area contributed by atoms with Crippen LogP contribution in [0.2, 0.25) is 0 Å². The fraction of sp³-hybridized carbons (Fsp3) is 0.500. The quantitative estimate of drug-likeness (QED) is 0.887. The molecule has 19 heavy (non-hydrogen) atoms. The number of halogens is 2. The molecule has 4 nitrogen and oxygen atoms in total. The molecular formula is C12H18BrClN2O2S. The van der Waals surface area contributed by atoms with E-state index in [-0.39, 0.29) is 24.2 Å². The second-order valence-corrected chi connectivity index (χ2v) is 7.41. The summed E-state index contributed by atoms with van der Waals surface area (Å²) in [7, 11) is -3.23. The van der Waals surface area contributed by atoms with E-state index in [1.807, 2.05) is 24.3 Å². The van der Waals surface area contributed by atoms with Crippen molar-refractivity contribution in [1.29, 1.82) is 0 Å². The fourth-order valence-corrected chi connectivity index (χ4v) is 4.26. The highest BCUT2D eigenvalue weighted by Crippen LogP contribution is 2.21. The first-order chi connectivity index (χ1) is 8.49. The maximum atomic E-state index is 12.3. The Kier molecular flexibility index (Phi) is 6.26.